The first-order chi connectivity index (χ1) is 19.1. The first-order valence-corrected chi connectivity index (χ1v) is 14.2. The fourth-order valence-corrected chi connectivity index (χ4v) is 4.56. The monoisotopic (exact) mass is 566 g/mol. The molecule has 41 heavy (non-hydrogen) atoms. The van der Waals surface area contributed by atoms with E-state index in [1.807, 2.05) is 71.0 Å². The van der Waals surface area contributed by atoms with Crippen LogP contribution in [0.5, 0.6) is 0 Å². The molecule has 0 radical (unpaired) electrons. The van der Waals surface area contributed by atoms with Gasteiger partial charge in [0, 0.05) is 12.2 Å². The van der Waals surface area contributed by atoms with Crippen molar-refractivity contribution in [3.63, 3.8) is 0 Å². The first kappa shape index (κ1) is 33.3. The van der Waals surface area contributed by atoms with Gasteiger partial charge in [-0.2, -0.15) is 0 Å². The number of rotatable bonds is 12. The van der Waals surface area contributed by atoms with Gasteiger partial charge in [-0.1, -0.05) is 56.2 Å². The molecule has 0 spiro atoms. The van der Waals surface area contributed by atoms with E-state index in [2.05, 4.69) is 10.6 Å². The zero-order chi connectivity index (χ0) is 30.9. The number of ether oxygens (including phenoxy) is 1. The number of aryl methyl sites for hydroxylation is 4. The molecule has 9 heteroatoms. The fourth-order valence-electron chi connectivity index (χ4n) is 4.56. The number of carbonyl (C=O) groups excluding carboxylic acids is 4. The van der Waals surface area contributed by atoms with Gasteiger partial charge >= 0.3 is 6.09 Å². The zero-order valence-corrected chi connectivity index (χ0v) is 25.7. The van der Waals surface area contributed by atoms with Crippen LogP contribution in [0.1, 0.15) is 87.2 Å². The number of amides is 4. The molecule has 2 rings (SSSR count). The van der Waals surface area contributed by atoms with Gasteiger partial charge in [-0.15, -0.1) is 0 Å². The third kappa shape index (κ3) is 9.92. The Kier molecular flexibility index (Phi) is 11.9. The molecule has 2 aromatic carbocycles. The van der Waals surface area contributed by atoms with E-state index in [9.17, 15) is 19.2 Å². The second-order valence-corrected chi connectivity index (χ2v) is 11.6. The summed E-state index contributed by atoms with van der Waals surface area (Å²) >= 11 is 0. The second-order valence-electron chi connectivity index (χ2n) is 11.6. The summed E-state index contributed by atoms with van der Waals surface area (Å²) in [6, 6.07) is 9.03. The number of nitrogens with two attached hydrogens (primary N) is 1. The Bertz CT molecular complexity index is 1230. The van der Waals surface area contributed by atoms with Crippen molar-refractivity contribution in [3.8, 4) is 0 Å². The molecule has 0 bridgehead atoms. The highest BCUT2D eigenvalue weighted by Crippen LogP contribution is 2.29. The summed E-state index contributed by atoms with van der Waals surface area (Å²) in [7, 11) is 0. The summed E-state index contributed by atoms with van der Waals surface area (Å²) in [5, 5.41) is 5.58. The van der Waals surface area contributed by atoms with Crippen molar-refractivity contribution in [1.29, 1.82) is 0 Å². The predicted octanol–water partition coefficient (Wildman–Crippen LogP) is 5.39. The van der Waals surface area contributed by atoms with Crippen LogP contribution in [-0.2, 0) is 19.1 Å². The maximum absolute atomic E-state index is 14.2. The summed E-state index contributed by atoms with van der Waals surface area (Å²) in [5.74, 6) is -1.76. The molecule has 4 N–H and O–H groups in total. The van der Waals surface area contributed by atoms with Gasteiger partial charge in [-0.25, -0.2) is 4.79 Å². The zero-order valence-electron chi connectivity index (χ0n) is 25.7. The number of hydrogen-bond acceptors (Lipinski definition) is 5. The van der Waals surface area contributed by atoms with Gasteiger partial charge in [-0.3, -0.25) is 14.4 Å². The molecule has 0 heterocycles. The Labute approximate surface area is 244 Å². The average molecular weight is 567 g/mol. The number of benzene rings is 2. The van der Waals surface area contributed by atoms with Gasteiger partial charge in [0.2, 0.25) is 11.8 Å². The summed E-state index contributed by atoms with van der Waals surface area (Å²) in [6.07, 6.45) is 1.04. The highest BCUT2D eigenvalue weighted by Gasteiger charge is 2.37. The lowest BCUT2D eigenvalue weighted by atomic mass is 9.97. The molecular formula is C32H46N4O5. The lowest BCUT2D eigenvalue weighted by Crippen LogP contribution is -2.53. The number of anilines is 1. The van der Waals surface area contributed by atoms with Crippen LogP contribution in [0.3, 0.4) is 0 Å². The Morgan fingerprint density at radius 1 is 0.927 bits per heavy atom. The summed E-state index contributed by atoms with van der Waals surface area (Å²) in [5.41, 5.74) is 9.76. The summed E-state index contributed by atoms with van der Waals surface area (Å²) < 4.78 is 5.35. The van der Waals surface area contributed by atoms with Crippen LogP contribution in [0, 0.1) is 27.7 Å². The number of carbonyl (C=O) groups is 4. The van der Waals surface area contributed by atoms with Gasteiger partial charge in [-0.05, 0) is 82.7 Å². The van der Waals surface area contributed by atoms with Gasteiger partial charge in [0.25, 0.3) is 5.91 Å². The molecule has 4 amide bonds. The van der Waals surface area contributed by atoms with Crippen molar-refractivity contribution in [2.45, 2.75) is 98.8 Å². The molecule has 0 aliphatic heterocycles. The van der Waals surface area contributed by atoms with Crippen molar-refractivity contribution in [3.05, 3.63) is 64.2 Å². The Morgan fingerprint density at radius 2 is 1.56 bits per heavy atom. The maximum Gasteiger partial charge on any atom is 0.408 e. The van der Waals surface area contributed by atoms with Gasteiger partial charge < -0.3 is 26.0 Å². The topological polar surface area (TPSA) is 131 Å². The SMILES string of the molecule is CCCCCN(C(=O)C(CC(N)=O)NC(=O)OC(C)(C)C)C(C(=O)Nc1c(C)cccc1C)c1ccc(C)c(C)c1. The number of alkyl carbamates (subject to hydrolysis) is 1. The molecule has 9 nitrogen and oxygen atoms in total. The van der Waals surface area contributed by atoms with E-state index in [1.54, 1.807) is 20.8 Å². The summed E-state index contributed by atoms with van der Waals surface area (Å²) in [6.45, 7) is 15.1. The molecule has 0 aliphatic carbocycles. The van der Waals surface area contributed by atoms with Crippen LogP contribution in [0.25, 0.3) is 0 Å². The number of primary amides is 1. The number of nitrogens with zero attached hydrogens (tertiary/aromatic N) is 1. The molecule has 2 aromatic rings. The molecule has 2 unspecified atom stereocenters. The number of hydrogen-bond donors (Lipinski definition) is 3. The van der Waals surface area contributed by atoms with E-state index < -0.39 is 47.9 Å². The number of unbranched alkanes of at least 4 members (excludes halogenated alkanes) is 2. The van der Waals surface area contributed by atoms with Crippen LogP contribution >= 0.6 is 0 Å². The lowest BCUT2D eigenvalue weighted by Gasteiger charge is -2.35. The van der Waals surface area contributed by atoms with E-state index in [4.69, 9.17) is 10.5 Å². The number of nitrogens with one attached hydrogen (secondary N) is 2. The van der Waals surface area contributed by atoms with Crippen LogP contribution in [0.15, 0.2) is 36.4 Å². The number of para-hydroxylation sites is 1. The second kappa shape index (κ2) is 14.7. The van der Waals surface area contributed by atoms with Crippen LogP contribution < -0.4 is 16.4 Å². The van der Waals surface area contributed by atoms with Gasteiger partial charge in [0.05, 0.1) is 6.42 Å². The van der Waals surface area contributed by atoms with Gasteiger partial charge in [0.15, 0.2) is 0 Å². The maximum atomic E-state index is 14.2. The molecule has 0 aliphatic rings. The third-order valence-corrected chi connectivity index (χ3v) is 6.82. The van der Waals surface area contributed by atoms with E-state index in [0.717, 1.165) is 35.1 Å². The molecule has 0 aromatic heterocycles. The smallest absolute Gasteiger partial charge is 0.408 e. The van der Waals surface area contributed by atoms with E-state index in [-0.39, 0.29) is 6.54 Å². The van der Waals surface area contributed by atoms with Crippen LogP contribution in [-0.4, -0.2) is 46.9 Å². The minimum Gasteiger partial charge on any atom is -0.444 e. The minimum absolute atomic E-state index is 0.232. The van der Waals surface area contributed by atoms with E-state index in [1.165, 1.54) is 4.90 Å². The largest absolute Gasteiger partial charge is 0.444 e. The Balaban J connectivity index is 2.63. The third-order valence-electron chi connectivity index (χ3n) is 6.82. The van der Waals surface area contributed by atoms with Crippen molar-refractivity contribution in [2.75, 3.05) is 11.9 Å². The highest BCUT2D eigenvalue weighted by atomic mass is 16.6. The quantitative estimate of drug-likeness (QED) is 0.297. The van der Waals surface area contributed by atoms with E-state index in [0.29, 0.717) is 17.7 Å². The van der Waals surface area contributed by atoms with Crippen LogP contribution in [0.4, 0.5) is 10.5 Å². The Morgan fingerprint density at radius 3 is 2.10 bits per heavy atom. The van der Waals surface area contributed by atoms with Gasteiger partial charge in [0.1, 0.15) is 17.7 Å². The minimum atomic E-state index is -1.31. The van der Waals surface area contributed by atoms with Crippen molar-refractivity contribution >= 4 is 29.5 Å². The van der Waals surface area contributed by atoms with Crippen molar-refractivity contribution in [2.24, 2.45) is 5.73 Å². The average Bonchev–Trinajstić information content (AvgIpc) is 2.85. The molecule has 0 saturated carbocycles. The van der Waals surface area contributed by atoms with E-state index >= 15 is 0 Å². The molecule has 2 atom stereocenters. The predicted molar refractivity (Wildman–Crippen MR) is 161 cm³/mol. The highest BCUT2D eigenvalue weighted by molar-refractivity contribution is 6.00. The molecule has 0 fully saturated rings. The van der Waals surface area contributed by atoms with Crippen LogP contribution in [0.2, 0.25) is 0 Å². The summed E-state index contributed by atoms with van der Waals surface area (Å²) in [4.78, 5) is 54.5. The van der Waals surface area contributed by atoms with Crippen molar-refractivity contribution < 1.29 is 23.9 Å². The molecule has 0 saturated heterocycles. The molecular weight excluding hydrogens is 520 g/mol. The first-order valence-electron chi connectivity index (χ1n) is 14.2. The Hall–Kier alpha value is -3.88. The fraction of sp³-hybridized carbons (Fsp3) is 0.500. The normalized spacial score (nSPS) is 12.7. The molecule has 224 valence electrons. The standard InChI is InChI=1S/C32H46N4O5/c1-9-10-11-17-36(30(39)25(19-26(33)37)34-31(40)41-32(6,7)8)28(24-16-15-20(2)23(5)18-24)29(38)35-27-21(3)13-12-14-22(27)4/h12-16,18,25,28H,9-11,17,19H2,1-8H3,(H2,33,37)(H,34,40)(H,35,38). The lowest BCUT2D eigenvalue weighted by molar-refractivity contribution is -0.142. The van der Waals surface area contributed by atoms with Crippen molar-refractivity contribution in [1.82, 2.24) is 10.2 Å².